The summed E-state index contributed by atoms with van der Waals surface area (Å²) in [5.41, 5.74) is 4.80. The number of rotatable bonds is 5. The topological polar surface area (TPSA) is 46.5 Å². The molecule has 24 heavy (non-hydrogen) atoms. The van der Waals surface area contributed by atoms with Gasteiger partial charge in [-0.2, -0.15) is 5.10 Å². The summed E-state index contributed by atoms with van der Waals surface area (Å²) in [4.78, 5) is 4.27. The molecule has 0 spiro atoms. The van der Waals surface area contributed by atoms with Crippen molar-refractivity contribution in [1.29, 1.82) is 0 Å². The molecule has 122 valence electrons. The van der Waals surface area contributed by atoms with Crippen LogP contribution in [0.1, 0.15) is 11.3 Å². The van der Waals surface area contributed by atoms with Crippen molar-refractivity contribution < 1.29 is 4.74 Å². The summed E-state index contributed by atoms with van der Waals surface area (Å²) >= 11 is 13.5. The number of hydrogen-bond acceptors (Lipinski definition) is 5. The second-order valence-electron chi connectivity index (χ2n) is 4.91. The van der Waals surface area contributed by atoms with Crippen molar-refractivity contribution in [3.63, 3.8) is 0 Å². The zero-order valence-corrected chi connectivity index (χ0v) is 15.0. The molecule has 0 unspecified atom stereocenters. The third kappa shape index (κ3) is 4.47. The first-order valence-electron chi connectivity index (χ1n) is 7.04. The molecule has 0 fully saturated rings. The highest BCUT2D eigenvalue weighted by Crippen LogP contribution is 2.31. The van der Waals surface area contributed by atoms with E-state index in [1.165, 1.54) is 11.3 Å². The van der Waals surface area contributed by atoms with Crippen molar-refractivity contribution in [2.45, 2.75) is 6.92 Å². The van der Waals surface area contributed by atoms with Crippen molar-refractivity contribution in [2.24, 2.45) is 5.10 Å². The summed E-state index contributed by atoms with van der Waals surface area (Å²) in [7, 11) is 0. The van der Waals surface area contributed by atoms with E-state index < -0.39 is 0 Å². The van der Waals surface area contributed by atoms with Crippen LogP contribution in [-0.4, -0.2) is 11.2 Å². The normalized spacial score (nSPS) is 11.0. The van der Waals surface area contributed by atoms with E-state index in [1.807, 2.05) is 36.6 Å². The monoisotopic (exact) mass is 377 g/mol. The fraction of sp³-hybridized carbons (Fsp3) is 0.0588. The number of halogens is 2. The van der Waals surface area contributed by atoms with Crippen LogP contribution in [0.15, 0.2) is 52.9 Å². The summed E-state index contributed by atoms with van der Waals surface area (Å²) < 4.78 is 5.74. The molecule has 0 amide bonds. The van der Waals surface area contributed by atoms with Crippen LogP contribution in [0.5, 0.6) is 11.5 Å². The molecular formula is C17H13Cl2N3OS. The summed E-state index contributed by atoms with van der Waals surface area (Å²) in [6.45, 7) is 1.94. The number of nitrogens with one attached hydrogen (secondary N) is 1. The lowest BCUT2D eigenvalue weighted by Crippen LogP contribution is -1.90. The number of hydrazone groups is 1. The minimum atomic E-state index is 0.469. The third-order valence-corrected chi connectivity index (χ3v) is 4.39. The second-order valence-corrected chi connectivity index (χ2v) is 6.61. The van der Waals surface area contributed by atoms with Gasteiger partial charge in [-0.15, -0.1) is 11.3 Å². The van der Waals surface area contributed by atoms with E-state index >= 15 is 0 Å². The summed E-state index contributed by atoms with van der Waals surface area (Å²) in [5.74, 6) is 1.24. The maximum Gasteiger partial charge on any atom is 0.203 e. The second kappa shape index (κ2) is 7.66. The largest absolute Gasteiger partial charge is 0.456 e. The minimum Gasteiger partial charge on any atom is -0.456 e. The van der Waals surface area contributed by atoms with E-state index in [0.29, 0.717) is 21.5 Å². The zero-order chi connectivity index (χ0) is 16.9. The molecule has 1 heterocycles. The Hall–Kier alpha value is -2.08. The molecule has 0 radical (unpaired) electrons. The SMILES string of the molecule is Cc1csc(NN=Cc2ccc(Oc3ccc(Cl)cc3Cl)cc2)n1. The zero-order valence-electron chi connectivity index (χ0n) is 12.7. The van der Waals surface area contributed by atoms with E-state index in [-0.39, 0.29) is 0 Å². The average molecular weight is 378 g/mol. The van der Waals surface area contributed by atoms with E-state index in [1.54, 1.807) is 24.4 Å². The van der Waals surface area contributed by atoms with Crippen LogP contribution in [0, 0.1) is 6.92 Å². The smallest absolute Gasteiger partial charge is 0.203 e. The van der Waals surface area contributed by atoms with Crippen LogP contribution in [0.3, 0.4) is 0 Å². The van der Waals surface area contributed by atoms with Crippen molar-refractivity contribution in [3.05, 3.63) is 69.1 Å². The molecule has 2 aromatic carbocycles. The molecule has 7 heteroatoms. The van der Waals surface area contributed by atoms with Gasteiger partial charge >= 0.3 is 0 Å². The van der Waals surface area contributed by atoms with Gasteiger partial charge in [-0.3, -0.25) is 5.43 Å². The third-order valence-electron chi connectivity index (χ3n) is 2.99. The Bertz CT molecular complexity index is 863. The number of thiazole rings is 1. The number of hydrogen-bond donors (Lipinski definition) is 1. The van der Waals surface area contributed by atoms with Crippen LogP contribution in [0.25, 0.3) is 0 Å². The molecule has 0 aliphatic rings. The summed E-state index contributed by atoms with van der Waals surface area (Å²) in [5, 5.41) is 7.93. The first-order chi connectivity index (χ1) is 11.6. The first kappa shape index (κ1) is 16.8. The fourth-order valence-corrected chi connectivity index (χ4v) is 2.96. The molecule has 0 saturated carbocycles. The Morgan fingerprint density at radius 3 is 2.62 bits per heavy atom. The lowest BCUT2D eigenvalue weighted by Gasteiger charge is -2.07. The molecule has 1 N–H and O–H groups in total. The number of aryl methyl sites for hydroxylation is 1. The summed E-state index contributed by atoms with van der Waals surface area (Å²) in [6, 6.07) is 12.6. The number of anilines is 1. The van der Waals surface area contributed by atoms with Crippen LogP contribution in [0.4, 0.5) is 5.13 Å². The van der Waals surface area contributed by atoms with E-state index in [2.05, 4.69) is 15.5 Å². The van der Waals surface area contributed by atoms with Crippen LogP contribution in [0.2, 0.25) is 10.0 Å². The van der Waals surface area contributed by atoms with Gasteiger partial charge < -0.3 is 4.74 Å². The highest BCUT2D eigenvalue weighted by molar-refractivity contribution is 7.13. The molecule has 0 bridgehead atoms. The standard InChI is InChI=1S/C17H13Cl2N3OS/c1-11-10-24-17(21-11)22-20-9-12-2-5-14(6-3-12)23-16-7-4-13(18)8-15(16)19/h2-10H,1H3,(H,21,22). The molecule has 0 aliphatic carbocycles. The Morgan fingerprint density at radius 1 is 1.17 bits per heavy atom. The number of ether oxygens (including phenoxy) is 1. The Morgan fingerprint density at radius 2 is 1.96 bits per heavy atom. The van der Waals surface area contributed by atoms with E-state index in [9.17, 15) is 0 Å². The van der Waals surface area contributed by atoms with Gasteiger partial charge in [-0.1, -0.05) is 23.2 Å². The van der Waals surface area contributed by atoms with E-state index in [4.69, 9.17) is 27.9 Å². The first-order valence-corrected chi connectivity index (χ1v) is 8.68. The van der Waals surface area contributed by atoms with Gasteiger partial charge in [0.1, 0.15) is 11.5 Å². The molecule has 4 nitrogen and oxygen atoms in total. The van der Waals surface area contributed by atoms with Crippen LogP contribution in [-0.2, 0) is 0 Å². The molecule has 1 aromatic heterocycles. The Balaban J connectivity index is 1.62. The van der Waals surface area contributed by atoms with E-state index in [0.717, 1.165) is 16.4 Å². The minimum absolute atomic E-state index is 0.469. The average Bonchev–Trinajstić information content (AvgIpc) is 2.97. The highest BCUT2D eigenvalue weighted by Gasteiger charge is 2.04. The number of benzene rings is 2. The molecule has 0 atom stereocenters. The van der Waals surface area contributed by atoms with Crippen LogP contribution >= 0.6 is 34.5 Å². The van der Waals surface area contributed by atoms with Gasteiger partial charge in [0, 0.05) is 10.4 Å². The lowest BCUT2D eigenvalue weighted by atomic mass is 10.2. The van der Waals surface area contributed by atoms with Gasteiger partial charge in [0.25, 0.3) is 0 Å². The molecule has 0 aliphatic heterocycles. The highest BCUT2D eigenvalue weighted by atomic mass is 35.5. The molecule has 3 aromatic rings. The molecule has 0 saturated heterocycles. The Kier molecular flexibility index (Phi) is 5.35. The van der Waals surface area contributed by atoms with Crippen LogP contribution < -0.4 is 10.2 Å². The lowest BCUT2D eigenvalue weighted by molar-refractivity contribution is 0.483. The predicted molar refractivity (Wildman–Crippen MR) is 101 cm³/mol. The van der Waals surface area contributed by atoms with Gasteiger partial charge in [-0.05, 0) is 55.0 Å². The van der Waals surface area contributed by atoms with Gasteiger partial charge in [0.2, 0.25) is 5.13 Å². The quantitative estimate of drug-likeness (QED) is 0.438. The fourth-order valence-electron chi connectivity index (χ4n) is 1.87. The predicted octanol–water partition coefficient (Wildman–Crippen LogP) is 6.00. The van der Waals surface area contributed by atoms with Gasteiger partial charge in [0.05, 0.1) is 16.9 Å². The van der Waals surface area contributed by atoms with Crippen molar-refractivity contribution in [2.75, 3.05) is 5.43 Å². The number of nitrogens with zero attached hydrogens (tertiary/aromatic N) is 2. The Labute approximate surface area is 153 Å². The molecule has 3 rings (SSSR count). The molecular weight excluding hydrogens is 365 g/mol. The van der Waals surface area contributed by atoms with Gasteiger partial charge in [0.15, 0.2) is 0 Å². The van der Waals surface area contributed by atoms with Crippen molar-refractivity contribution in [1.82, 2.24) is 4.98 Å². The number of aromatic nitrogens is 1. The maximum absolute atomic E-state index is 6.10. The van der Waals surface area contributed by atoms with Gasteiger partial charge in [-0.25, -0.2) is 4.98 Å². The van der Waals surface area contributed by atoms with Crippen molar-refractivity contribution in [3.8, 4) is 11.5 Å². The summed E-state index contributed by atoms with van der Waals surface area (Å²) in [6.07, 6.45) is 1.72. The van der Waals surface area contributed by atoms with Crippen molar-refractivity contribution >= 4 is 45.9 Å². The maximum atomic E-state index is 6.10.